The molecular weight excluding hydrogens is 146 g/mol. The molecule has 0 spiro atoms. The van der Waals surface area contributed by atoms with Gasteiger partial charge in [0.2, 0.25) is 0 Å². The fourth-order valence-electron chi connectivity index (χ4n) is 1.15. The van der Waals surface area contributed by atoms with Gasteiger partial charge in [-0.2, -0.15) is 5.26 Å². The van der Waals surface area contributed by atoms with E-state index in [1.165, 1.54) is 0 Å². The maximum atomic E-state index is 8.76. The highest BCUT2D eigenvalue weighted by molar-refractivity contribution is 5.37. The second-order valence-corrected chi connectivity index (χ2v) is 2.72. The Morgan fingerprint density at radius 3 is 2.83 bits per heavy atom. The maximum Gasteiger partial charge on any atom is 0.0994 e. The average Bonchev–Trinajstić information content (AvgIpc) is 2.15. The number of hydrogen-bond donors (Lipinski definition) is 0. The molecule has 0 aliphatic heterocycles. The second-order valence-electron chi connectivity index (χ2n) is 2.72. The Hall–Kier alpha value is -1.29. The van der Waals surface area contributed by atoms with Gasteiger partial charge < -0.3 is 0 Å². The molecular formula is C11H12N. The summed E-state index contributed by atoms with van der Waals surface area (Å²) in [5.41, 5.74) is 1.96. The number of rotatable bonds is 3. The highest BCUT2D eigenvalue weighted by Crippen LogP contribution is 2.10. The van der Waals surface area contributed by atoms with Gasteiger partial charge in [0.25, 0.3) is 0 Å². The fourth-order valence-corrected chi connectivity index (χ4v) is 1.15. The van der Waals surface area contributed by atoms with Gasteiger partial charge in [-0.25, -0.2) is 0 Å². The number of nitriles is 1. The van der Waals surface area contributed by atoms with E-state index < -0.39 is 0 Å². The van der Waals surface area contributed by atoms with E-state index >= 15 is 0 Å². The third-order valence-corrected chi connectivity index (χ3v) is 1.84. The molecule has 0 aliphatic rings. The van der Waals surface area contributed by atoms with E-state index in [0.717, 1.165) is 24.0 Å². The molecule has 0 aromatic heterocycles. The maximum absolute atomic E-state index is 8.76. The molecule has 0 saturated heterocycles. The first-order valence-electron chi connectivity index (χ1n) is 4.14. The van der Waals surface area contributed by atoms with Crippen molar-refractivity contribution in [3.8, 4) is 6.07 Å². The Kier molecular flexibility index (Phi) is 3.35. The summed E-state index contributed by atoms with van der Waals surface area (Å²) in [6.45, 7) is 2.04. The second kappa shape index (κ2) is 4.56. The average molecular weight is 158 g/mol. The van der Waals surface area contributed by atoms with Crippen molar-refractivity contribution in [3.05, 3.63) is 41.8 Å². The van der Waals surface area contributed by atoms with Gasteiger partial charge in [0.1, 0.15) is 0 Å². The zero-order valence-electron chi connectivity index (χ0n) is 7.25. The lowest BCUT2D eigenvalue weighted by Gasteiger charge is -2.00. The van der Waals surface area contributed by atoms with Crippen LogP contribution in [0.4, 0.5) is 0 Å². The Bertz CT molecular complexity index is 283. The topological polar surface area (TPSA) is 23.8 Å². The zero-order valence-corrected chi connectivity index (χ0v) is 7.25. The van der Waals surface area contributed by atoms with E-state index in [1.54, 1.807) is 0 Å². The molecule has 1 aromatic carbocycles. The van der Waals surface area contributed by atoms with Gasteiger partial charge >= 0.3 is 0 Å². The molecule has 1 heteroatoms. The summed E-state index contributed by atoms with van der Waals surface area (Å²) in [7, 11) is 0. The molecule has 0 aliphatic carbocycles. The van der Waals surface area contributed by atoms with Crippen molar-refractivity contribution in [1.29, 1.82) is 5.26 Å². The van der Waals surface area contributed by atoms with Crippen LogP contribution in [0.5, 0.6) is 0 Å². The van der Waals surface area contributed by atoms with Gasteiger partial charge in [-0.1, -0.05) is 25.1 Å². The van der Waals surface area contributed by atoms with E-state index in [1.807, 2.05) is 31.2 Å². The molecule has 0 fully saturated rings. The molecule has 0 amide bonds. The fraction of sp³-hybridized carbons (Fsp3) is 0.273. The molecule has 1 nitrogen and oxygen atoms in total. The molecule has 0 atom stereocenters. The van der Waals surface area contributed by atoms with Gasteiger partial charge in [0.15, 0.2) is 0 Å². The third-order valence-electron chi connectivity index (χ3n) is 1.84. The van der Waals surface area contributed by atoms with Gasteiger partial charge in [0, 0.05) is 0 Å². The van der Waals surface area contributed by atoms with Crippen LogP contribution in [0, 0.1) is 17.8 Å². The van der Waals surface area contributed by atoms with E-state index in [2.05, 4.69) is 12.5 Å². The Morgan fingerprint density at radius 2 is 2.17 bits per heavy atom. The quantitative estimate of drug-likeness (QED) is 0.663. The highest BCUT2D eigenvalue weighted by atomic mass is 14.2. The predicted molar refractivity (Wildman–Crippen MR) is 49.5 cm³/mol. The van der Waals surface area contributed by atoms with Crippen LogP contribution in [-0.4, -0.2) is 0 Å². The summed E-state index contributed by atoms with van der Waals surface area (Å²) in [5.74, 6) is 0. The van der Waals surface area contributed by atoms with Gasteiger partial charge in [0.05, 0.1) is 11.6 Å². The van der Waals surface area contributed by atoms with E-state index in [4.69, 9.17) is 5.26 Å². The SMILES string of the molecule is C[CH]CCc1ccccc1C#N. The number of aryl methyl sites for hydroxylation is 1. The molecule has 0 heterocycles. The minimum absolute atomic E-state index is 0.805. The van der Waals surface area contributed by atoms with Crippen LogP contribution in [0.15, 0.2) is 24.3 Å². The molecule has 1 rings (SSSR count). The first-order valence-corrected chi connectivity index (χ1v) is 4.14. The monoisotopic (exact) mass is 158 g/mol. The van der Waals surface area contributed by atoms with Crippen LogP contribution in [0.2, 0.25) is 0 Å². The van der Waals surface area contributed by atoms with Crippen LogP contribution in [0.25, 0.3) is 0 Å². The van der Waals surface area contributed by atoms with Crippen LogP contribution in [-0.2, 0) is 6.42 Å². The normalized spacial score (nSPS) is 9.33. The van der Waals surface area contributed by atoms with Gasteiger partial charge in [-0.15, -0.1) is 0 Å². The molecule has 0 N–H and O–H groups in total. The smallest absolute Gasteiger partial charge is 0.0994 e. The van der Waals surface area contributed by atoms with Crippen LogP contribution >= 0.6 is 0 Å². The van der Waals surface area contributed by atoms with E-state index in [-0.39, 0.29) is 0 Å². The van der Waals surface area contributed by atoms with Crippen LogP contribution in [0.3, 0.4) is 0 Å². The molecule has 0 saturated carbocycles. The molecule has 0 unspecified atom stereocenters. The number of hydrogen-bond acceptors (Lipinski definition) is 1. The van der Waals surface area contributed by atoms with Crippen LogP contribution < -0.4 is 0 Å². The summed E-state index contributed by atoms with van der Waals surface area (Å²) in [6.07, 6.45) is 4.13. The number of nitrogens with zero attached hydrogens (tertiary/aromatic N) is 1. The zero-order chi connectivity index (χ0) is 8.81. The summed E-state index contributed by atoms with van der Waals surface area (Å²) < 4.78 is 0. The van der Waals surface area contributed by atoms with Crippen molar-refractivity contribution < 1.29 is 0 Å². The standard InChI is InChI=1S/C11H12N/c1-2-3-6-10-7-4-5-8-11(10)9-12/h2,4-5,7-8H,3,6H2,1H3. The predicted octanol–water partition coefficient (Wildman–Crippen LogP) is 2.72. The van der Waals surface area contributed by atoms with Crippen molar-refractivity contribution in [2.24, 2.45) is 0 Å². The third kappa shape index (κ3) is 2.10. The first kappa shape index (κ1) is 8.80. The Morgan fingerprint density at radius 1 is 1.42 bits per heavy atom. The Labute approximate surface area is 73.6 Å². The lowest BCUT2D eigenvalue weighted by atomic mass is 10.0. The molecule has 12 heavy (non-hydrogen) atoms. The summed E-state index contributed by atoms with van der Waals surface area (Å²) >= 11 is 0. The van der Waals surface area contributed by atoms with Crippen molar-refractivity contribution in [1.82, 2.24) is 0 Å². The largest absolute Gasteiger partial charge is 0.192 e. The van der Waals surface area contributed by atoms with Crippen LogP contribution in [0.1, 0.15) is 24.5 Å². The van der Waals surface area contributed by atoms with E-state index in [9.17, 15) is 0 Å². The first-order chi connectivity index (χ1) is 5.88. The van der Waals surface area contributed by atoms with Crippen molar-refractivity contribution >= 4 is 0 Å². The lowest BCUT2D eigenvalue weighted by Crippen LogP contribution is -1.89. The minimum atomic E-state index is 0.805. The van der Waals surface area contributed by atoms with Crippen molar-refractivity contribution in [2.75, 3.05) is 0 Å². The Balaban J connectivity index is 2.77. The number of unbranched alkanes of at least 4 members (excludes halogenated alkanes) is 1. The lowest BCUT2D eigenvalue weighted by molar-refractivity contribution is 0.933. The van der Waals surface area contributed by atoms with E-state index in [0.29, 0.717) is 0 Å². The van der Waals surface area contributed by atoms with Gasteiger partial charge in [-0.3, -0.25) is 0 Å². The summed E-state index contributed by atoms with van der Waals surface area (Å²) in [6, 6.07) is 9.95. The van der Waals surface area contributed by atoms with Gasteiger partial charge in [-0.05, 0) is 30.9 Å². The number of benzene rings is 1. The highest BCUT2D eigenvalue weighted by Gasteiger charge is 1.98. The molecule has 61 valence electrons. The summed E-state index contributed by atoms with van der Waals surface area (Å²) in [5, 5.41) is 8.76. The molecule has 0 bridgehead atoms. The molecule has 1 radical (unpaired) electrons. The van der Waals surface area contributed by atoms with Crippen molar-refractivity contribution in [3.63, 3.8) is 0 Å². The minimum Gasteiger partial charge on any atom is -0.192 e. The molecule has 1 aromatic rings. The van der Waals surface area contributed by atoms with Crippen molar-refractivity contribution in [2.45, 2.75) is 19.8 Å². The summed E-state index contributed by atoms with van der Waals surface area (Å²) in [4.78, 5) is 0.